The predicted molar refractivity (Wildman–Crippen MR) is 83.8 cm³/mol. The summed E-state index contributed by atoms with van der Waals surface area (Å²) in [6.45, 7) is 3.74. The first-order valence-electron chi connectivity index (χ1n) is 6.84. The quantitative estimate of drug-likeness (QED) is 0.778. The molecule has 0 saturated carbocycles. The lowest BCUT2D eigenvalue weighted by molar-refractivity contribution is 0.671. The normalized spacial score (nSPS) is 11.1. The number of thiazole rings is 1. The smallest absolute Gasteiger partial charge is 0.108 e. The monoisotopic (exact) mass is 283 g/mol. The van der Waals surface area contributed by atoms with Crippen molar-refractivity contribution < 1.29 is 0 Å². The first kappa shape index (κ1) is 13.2. The molecule has 2 heterocycles. The molecule has 0 radical (unpaired) electrons. The standard InChI is InChI=1S/C16H17N3S/c1-2-12-6-5-9-18-14(12)10-17-11-16-19-13-7-3-4-8-15(13)20-16/h3-9,17H,2,10-11H2,1H3. The van der Waals surface area contributed by atoms with Crippen LogP contribution in [0, 0.1) is 0 Å². The number of rotatable bonds is 5. The van der Waals surface area contributed by atoms with Gasteiger partial charge in [0.15, 0.2) is 0 Å². The van der Waals surface area contributed by atoms with Crippen molar-refractivity contribution in [3.63, 3.8) is 0 Å². The summed E-state index contributed by atoms with van der Waals surface area (Å²) >= 11 is 1.75. The Labute approximate surface area is 122 Å². The highest BCUT2D eigenvalue weighted by molar-refractivity contribution is 7.18. The average molecular weight is 283 g/mol. The molecule has 3 rings (SSSR count). The molecule has 3 nitrogen and oxygen atoms in total. The van der Waals surface area contributed by atoms with Crippen molar-refractivity contribution in [2.45, 2.75) is 26.4 Å². The zero-order valence-corrected chi connectivity index (χ0v) is 12.3. The lowest BCUT2D eigenvalue weighted by atomic mass is 10.1. The van der Waals surface area contributed by atoms with E-state index >= 15 is 0 Å². The first-order chi connectivity index (χ1) is 9.86. The Balaban J connectivity index is 1.65. The van der Waals surface area contributed by atoms with Crippen LogP contribution in [0.4, 0.5) is 0 Å². The molecule has 3 aromatic rings. The topological polar surface area (TPSA) is 37.8 Å². The van der Waals surface area contributed by atoms with E-state index in [9.17, 15) is 0 Å². The van der Waals surface area contributed by atoms with Gasteiger partial charge in [-0.15, -0.1) is 11.3 Å². The number of pyridine rings is 1. The van der Waals surface area contributed by atoms with E-state index in [1.165, 1.54) is 10.3 Å². The van der Waals surface area contributed by atoms with Gasteiger partial charge in [-0.25, -0.2) is 4.98 Å². The highest BCUT2D eigenvalue weighted by Gasteiger charge is 2.04. The van der Waals surface area contributed by atoms with E-state index < -0.39 is 0 Å². The second-order valence-corrected chi connectivity index (χ2v) is 5.76. The fraction of sp³-hybridized carbons (Fsp3) is 0.250. The van der Waals surface area contributed by atoms with Crippen LogP contribution in [-0.2, 0) is 19.5 Å². The molecule has 4 heteroatoms. The molecule has 0 aliphatic heterocycles. The lowest BCUT2D eigenvalue weighted by Crippen LogP contribution is -2.14. The number of aryl methyl sites for hydroxylation is 1. The molecule has 0 aliphatic carbocycles. The minimum Gasteiger partial charge on any atom is -0.305 e. The van der Waals surface area contributed by atoms with Crippen molar-refractivity contribution in [3.8, 4) is 0 Å². The maximum absolute atomic E-state index is 4.62. The van der Waals surface area contributed by atoms with Crippen LogP contribution in [-0.4, -0.2) is 9.97 Å². The molecule has 0 atom stereocenters. The summed E-state index contributed by atoms with van der Waals surface area (Å²) in [4.78, 5) is 9.07. The van der Waals surface area contributed by atoms with Gasteiger partial charge in [-0.2, -0.15) is 0 Å². The molecule has 0 bridgehead atoms. The summed E-state index contributed by atoms with van der Waals surface area (Å²) < 4.78 is 1.25. The highest BCUT2D eigenvalue weighted by atomic mass is 32.1. The molecule has 102 valence electrons. The molecule has 0 unspecified atom stereocenters. The minimum atomic E-state index is 0.791. The summed E-state index contributed by atoms with van der Waals surface area (Å²) in [6.07, 6.45) is 2.87. The van der Waals surface area contributed by atoms with Crippen LogP contribution < -0.4 is 5.32 Å². The van der Waals surface area contributed by atoms with Gasteiger partial charge in [-0.3, -0.25) is 4.98 Å². The maximum atomic E-state index is 4.62. The molecule has 20 heavy (non-hydrogen) atoms. The SMILES string of the molecule is CCc1cccnc1CNCc1nc2ccccc2s1. The van der Waals surface area contributed by atoms with Crippen LogP contribution >= 0.6 is 11.3 Å². The Kier molecular flexibility index (Phi) is 4.04. The average Bonchev–Trinajstić information content (AvgIpc) is 2.90. The highest BCUT2D eigenvalue weighted by Crippen LogP contribution is 2.21. The second-order valence-electron chi connectivity index (χ2n) is 4.64. The number of nitrogens with zero attached hydrogens (tertiary/aromatic N) is 2. The third-order valence-electron chi connectivity index (χ3n) is 3.27. The molecule has 0 aliphatic rings. The number of hydrogen-bond acceptors (Lipinski definition) is 4. The van der Waals surface area contributed by atoms with E-state index in [-0.39, 0.29) is 0 Å². The zero-order valence-electron chi connectivity index (χ0n) is 11.5. The Morgan fingerprint density at radius 3 is 2.85 bits per heavy atom. The molecule has 0 fully saturated rings. The molecular weight excluding hydrogens is 266 g/mol. The molecule has 1 N–H and O–H groups in total. The van der Waals surface area contributed by atoms with Gasteiger partial charge in [0.2, 0.25) is 0 Å². The van der Waals surface area contributed by atoms with E-state index in [1.807, 2.05) is 18.3 Å². The number of para-hydroxylation sites is 1. The lowest BCUT2D eigenvalue weighted by Gasteiger charge is -2.06. The van der Waals surface area contributed by atoms with Crippen molar-refractivity contribution in [2.24, 2.45) is 0 Å². The largest absolute Gasteiger partial charge is 0.305 e. The Hall–Kier alpha value is -1.78. The van der Waals surface area contributed by atoms with Crippen LogP contribution in [0.5, 0.6) is 0 Å². The third kappa shape index (κ3) is 2.86. The van der Waals surface area contributed by atoms with Gasteiger partial charge in [0.05, 0.1) is 15.9 Å². The summed E-state index contributed by atoms with van der Waals surface area (Å²) in [7, 11) is 0. The summed E-state index contributed by atoms with van der Waals surface area (Å²) in [5, 5.41) is 4.56. The number of nitrogens with one attached hydrogen (secondary N) is 1. The Bertz CT molecular complexity index is 673. The molecule has 0 saturated heterocycles. The fourth-order valence-electron chi connectivity index (χ4n) is 2.24. The van der Waals surface area contributed by atoms with Gasteiger partial charge in [0.25, 0.3) is 0 Å². The summed E-state index contributed by atoms with van der Waals surface area (Å²) in [5.74, 6) is 0. The minimum absolute atomic E-state index is 0.791. The van der Waals surface area contributed by atoms with E-state index in [0.29, 0.717) is 0 Å². The predicted octanol–water partition coefficient (Wildman–Crippen LogP) is 3.54. The van der Waals surface area contributed by atoms with Crippen molar-refractivity contribution in [3.05, 3.63) is 58.9 Å². The van der Waals surface area contributed by atoms with Crippen LogP contribution in [0.1, 0.15) is 23.2 Å². The summed E-state index contributed by atoms with van der Waals surface area (Å²) in [5.41, 5.74) is 3.53. The van der Waals surface area contributed by atoms with Crippen LogP contribution in [0.25, 0.3) is 10.2 Å². The first-order valence-corrected chi connectivity index (χ1v) is 7.66. The van der Waals surface area contributed by atoms with Crippen molar-refractivity contribution >= 4 is 21.6 Å². The molecule has 2 aromatic heterocycles. The van der Waals surface area contributed by atoms with Gasteiger partial charge in [0, 0.05) is 19.3 Å². The van der Waals surface area contributed by atoms with Gasteiger partial charge in [-0.05, 0) is 30.2 Å². The molecule has 0 spiro atoms. The van der Waals surface area contributed by atoms with Crippen LogP contribution in [0.3, 0.4) is 0 Å². The van der Waals surface area contributed by atoms with E-state index in [4.69, 9.17) is 0 Å². The van der Waals surface area contributed by atoms with E-state index in [0.717, 1.165) is 35.7 Å². The Morgan fingerprint density at radius 1 is 1.10 bits per heavy atom. The molecule has 1 aromatic carbocycles. The van der Waals surface area contributed by atoms with Crippen LogP contribution in [0.2, 0.25) is 0 Å². The zero-order chi connectivity index (χ0) is 13.8. The summed E-state index contributed by atoms with van der Waals surface area (Å²) in [6, 6.07) is 12.4. The third-order valence-corrected chi connectivity index (χ3v) is 4.31. The Morgan fingerprint density at radius 2 is 2.00 bits per heavy atom. The van der Waals surface area contributed by atoms with E-state index in [2.05, 4.69) is 46.5 Å². The van der Waals surface area contributed by atoms with Crippen molar-refractivity contribution in [1.29, 1.82) is 0 Å². The second kappa shape index (κ2) is 6.11. The van der Waals surface area contributed by atoms with Gasteiger partial charge >= 0.3 is 0 Å². The number of aromatic nitrogens is 2. The number of benzene rings is 1. The van der Waals surface area contributed by atoms with Crippen molar-refractivity contribution in [1.82, 2.24) is 15.3 Å². The van der Waals surface area contributed by atoms with E-state index in [1.54, 1.807) is 11.3 Å². The van der Waals surface area contributed by atoms with Gasteiger partial charge in [0.1, 0.15) is 5.01 Å². The van der Waals surface area contributed by atoms with Crippen LogP contribution in [0.15, 0.2) is 42.6 Å². The number of fused-ring (bicyclic) bond motifs is 1. The maximum Gasteiger partial charge on any atom is 0.108 e. The molecular formula is C16H17N3S. The number of hydrogen-bond donors (Lipinski definition) is 1. The van der Waals surface area contributed by atoms with Gasteiger partial charge in [-0.1, -0.05) is 25.1 Å². The van der Waals surface area contributed by atoms with Crippen molar-refractivity contribution in [2.75, 3.05) is 0 Å². The molecule has 0 amide bonds. The fourth-order valence-corrected chi connectivity index (χ4v) is 3.17. The van der Waals surface area contributed by atoms with Gasteiger partial charge < -0.3 is 5.32 Å².